The summed E-state index contributed by atoms with van der Waals surface area (Å²) in [6.07, 6.45) is 0.763. The molecule has 0 fully saturated rings. The fourth-order valence-electron chi connectivity index (χ4n) is 1.00. The first-order chi connectivity index (χ1) is 7.86. The number of carboxylic acid groups (broad SMARTS) is 1. The van der Waals surface area contributed by atoms with E-state index in [0.29, 0.717) is 0 Å². The summed E-state index contributed by atoms with van der Waals surface area (Å²) in [5.41, 5.74) is 0. The second-order valence-electron chi connectivity index (χ2n) is 3.11. The van der Waals surface area contributed by atoms with Crippen molar-refractivity contribution >= 4 is 5.97 Å². The van der Waals surface area contributed by atoms with Gasteiger partial charge in [-0.25, -0.2) is 0 Å². The molecule has 9 heteroatoms. The average Bonchev–Trinajstić information content (AvgIpc) is 2.20. The first-order valence-electron chi connectivity index (χ1n) is 4.71. The molecule has 9 nitrogen and oxygen atoms in total. The molecule has 0 heterocycles. The zero-order valence-corrected chi connectivity index (χ0v) is 9.01. The second-order valence-corrected chi connectivity index (χ2v) is 3.11. The summed E-state index contributed by atoms with van der Waals surface area (Å²) in [4.78, 5) is 34.3. The van der Waals surface area contributed by atoms with Gasteiger partial charge in [-0.15, -0.1) is 10.1 Å². The predicted octanol–water partition coefficient (Wildman–Crippen LogP) is 0.649. The Hall–Kier alpha value is -2.19. The van der Waals surface area contributed by atoms with Crippen LogP contribution in [0.3, 0.4) is 0 Å². The number of nitrogens with zero attached hydrogens (tertiary/aromatic N) is 2. The van der Waals surface area contributed by atoms with Crippen LogP contribution in [0, 0.1) is 20.2 Å². The number of carbonyl (C=O) groups is 1. The second kappa shape index (κ2) is 7.14. The van der Waals surface area contributed by atoms with Gasteiger partial charge in [-0.05, 0) is 12.5 Å². The molecule has 0 spiro atoms. The molecule has 2 unspecified atom stereocenters. The van der Waals surface area contributed by atoms with Crippen molar-refractivity contribution in [1.29, 1.82) is 0 Å². The van der Waals surface area contributed by atoms with Crippen molar-refractivity contribution in [1.82, 2.24) is 0 Å². The molecule has 17 heavy (non-hydrogen) atoms. The van der Waals surface area contributed by atoms with Gasteiger partial charge in [0.15, 0.2) is 0 Å². The minimum absolute atomic E-state index is 0.245. The number of rotatable bonds is 8. The normalized spacial score (nSPS) is 14.2. The summed E-state index contributed by atoms with van der Waals surface area (Å²) in [5, 5.41) is 27.9. The minimum Gasteiger partial charge on any atom is -0.481 e. The van der Waals surface area contributed by atoms with E-state index in [1.807, 2.05) is 0 Å². The number of aliphatic carboxylic acids is 1. The molecule has 0 saturated heterocycles. The number of hydrogen-bond donors (Lipinski definition) is 1. The highest BCUT2D eigenvalue weighted by atomic mass is 17.0. The van der Waals surface area contributed by atoms with E-state index >= 15 is 0 Å². The first kappa shape index (κ1) is 14.8. The Bertz CT molecular complexity index is 328. The molecule has 1 N–H and O–H groups in total. The standard InChI is InChI=1S/C8H12N2O7/c1-2-7(17-10(15)16)4-3-6(9(13)14)5-8(11)12/h3-4,6-7H,2,5H2,1H3,(H,11,12)/b4-3+. The summed E-state index contributed by atoms with van der Waals surface area (Å²) in [7, 11) is 0. The Morgan fingerprint density at radius 2 is 2.00 bits per heavy atom. The van der Waals surface area contributed by atoms with Crippen LogP contribution in [0.2, 0.25) is 0 Å². The summed E-state index contributed by atoms with van der Waals surface area (Å²) in [6, 6.07) is -1.42. The third-order valence-electron chi connectivity index (χ3n) is 1.83. The Kier molecular flexibility index (Phi) is 6.22. The molecule has 0 rings (SSSR count). The van der Waals surface area contributed by atoms with Crippen molar-refractivity contribution in [3.8, 4) is 0 Å². The van der Waals surface area contributed by atoms with Gasteiger partial charge in [-0.3, -0.25) is 14.9 Å². The van der Waals surface area contributed by atoms with E-state index in [1.54, 1.807) is 6.92 Å². The maximum atomic E-state index is 10.5. The van der Waals surface area contributed by atoms with Gasteiger partial charge >= 0.3 is 5.97 Å². The molecule has 2 atom stereocenters. The van der Waals surface area contributed by atoms with Gasteiger partial charge in [-0.2, -0.15) is 0 Å². The van der Waals surface area contributed by atoms with Crippen LogP contribution in [0.15, 0.2) is 12.2 Å². The molecule has 0 aliphatic carbocycles. The Morgan fingerprint density at radius 3 is 2.35 bits per heavy atom. The van der Waals surface area contributed by atoms with Crippen LogP contribution in [0.4, 0.5) is 0 Å². The highest BCUT2D eigenvalue weighted by Gasteiger charge is 2.21. The molecule has 0 bridgehead atoms. The molecule has 0 aromatic heterocycles. The van der Waals surface area contributed by atoms with E-state index in [-0.39, 0.29) is 6.42 Å². The van der Waals surface area contributed by atoms with Gasteiger partial charge < -0.3 is 9.94 Å². The summed E-state index contributed by atoms with van der Waals surface area (Å²) >= 11 is 0. The van der Waals surface area contributed by atoms with Crippen LogP contribution in [0.5, 0.6) is 0 Å². The number of nitro groups is 1. The molecule has 0 aliphatic rings. The van der Waals surface area contributed by atoms with Crippen molar-refractivity contribution in [3.05, 3.63) is 32.4 Å². The van der Waals surface area contributed by atoms with E-state index in [0.717, 1.165) is 12.2 Å². The maximum absolute atomic E-state index is 10.5. The Balaban J connectivity index is 4.54. The number of hydrogen-bond acceptors (Lipinski definition) is 6. The smallest absolute Gasteiger partial charge is 0.310 e. The lowest BCUT2D eigenvalue weighted by atomic mass is 10.1. The van der Waals surface area contributed by atoms with Crippen molar-refractivity contribution in [2.45, 2.75) is 31.9 Å². The fourth-order valence-corrected chi connectivity index (χ4v) is 1.00. The number of carboxylic acids is 1. The lowest BCUT2D eigenvalue weighted by molar-refractivity contribution is -0.765. The van der Waals surface area contributed by atoms with Crippen LogP contribution in [-0.2, 0) is 9.63 Å². The van der Waals surface area contributed by atoms with E-state index in [2.05, 4.69) is 4.84 Å². The summed E-state index contributed by atoms with van der Waals surface area (Å²) in [5.74, 6) is -1.32. The van der Waals surface area contributed by atoms with Gasteiger partial charge in [0.05, 0.1) is 0 Å². The molecule has 0 radical (unpaired) electrons. The van der Waals surface area contributed by atoms with Crippen molar-refractivity contribution in [3.63, 3.8) is 0 Å². The topological polar surface area (TPSA) is 133 Å². The van der Waals surface area contributed by atoms with Crippen molar-refractivity contribution < 1.29 is 24.7 Å². The minimum atomic E-state index is -1.42. The Labute approximate surface area is 95.9 Å². The fraction of sp³-hybridized carbons (Fsp3) is 0.625. The highest BCUT2D eigenvalue weighted by molar-refractivity contribution is 5.67. The molecular weight excluding hydrogens is 236 g/mol. The van der Waals surface area contributed by atoms with E-state index in [4.69, 9.17) is 5.11 Å². The van der Waals surface area contributed by atoms with Gasteiger partial charge in [0.25, 0.3) is 5.09 Å². The van der Waals surface area contributed by atoms with Crippen LogP contribution >= 0.6 is 0 Å². The molecule has 0 aromatic carbocycles. The van der Waals surface area contributed by atoms with Crippen molar-refractivity contribution in [2.75, 3.05) is 0 Å². The summed E-state index contributed by atoms with van der Waals surface area (Å²) < 4.78 is 0. The van der Waals surface area contributed by atoms with Crippen molar-refractivity contribution in [2.24, 2.45) is 0 Å². The lowest BCUT2D eigenvalue weighted by Crippen LogP contribution is -2.22. The van der Waals surface area contributed by atoms with Crippen LogP contribution < -0.4 is 0 Å². The first-order valence-corrected chi connectivity index (χ1v) is 4.71. The van der Waals surface area contributed by atoms with Gasteiger partial charge in [-0.1, -0.05) is 13.0 Å². The molecule has 0 aliphatic heterocycles. The molecule has 96 valence electrons. The van der Waals surface area contributed by atoms with Crippen LogP contribution in [0.25, 0.3) is 0 Å². The predicted molar refractivity (Wildman–Crippen MR) is 54.3 cm³/mol. The molecule has 0 amide bonds. The third-order valence-corrected chi connectivity index (χ3v) is 1.83. The van der Waals surface area contributed by atoms with Crippen LogP contribution in [0.1, 0.15) is 19.8 Å². The van der Waals surface area contributed by atoms with E-state index < -0.39 is 34.5 Å². The lowest BCUT2D eigenvalue weighted by Gasteiger charge is -2.07. The third kappa shape index (κ3) is 6.82. The zero-order valence-electron chi connectivity index (χ0n) is 9.01. The molecule has 0 aromatic rings. The monoisotopic (exact) mass is 248 g/mol. The largest absolute Gasteiger partial charge is 0.481 e. The van der Waals surface area contributed by atoms with E-state index in [1.165, 1.54) is 0 Å². The Morgan fingerprint density at radius 1 is 1.41 bits per heavy atom. The SMILES string of the molecule is CCC(/C=C/C(CC(=O)O)[N+](=O)[O-])O[N+](=O)[O-]. The quantitative estimate of drug-likeness (QED) is 0.378. The summed E-state index contributed by atoms with van der Waals surface area (Å²) in [6.45, 7) is 1.59. The van der Waals surface area contributed by atoms with Gasteiger partial charge in [0.2, 0.25) is 6.04 Å². The molecule has 0 saturated carbocycles. The van der Waals surface area contributed by atoms with Gasteiger partial charge in [0, 0.05) is 4.92 Å². The zero-order chi connectivity index (χ0) is 13.4. The van der Waals surface area contributed by atoms with E-state index in [9.17, 15) is 25.0 Å². The average molecular weight is 248 g/mol. The maximum Gasteiger partial charge on any atom is 0.310 e. The van der Waals surface area contributed by atoms with Gasteiger partial charge in [0.1, 0.15) is 12.5 Å². The van der Waals surface area contributed by atoms with Crippen LogP contribution in [-0.4, -0.2) is 33.2 Å². The molecular formula is C8H12N2O7. The highest BCUT2D eigenvalue weighted by Crippen LogP contribution is 2.05.